The number of aromatic nitrogens is 1. The number of halogens is 1. The van der Waals surface area contributed by atoms with Crippen molar-refractivity contribution in [3.8, 4) is 0 Å². The van der Waals surface area contributed by atoms with Gasteiger partial charge < -0.3 is 0 Å². The van der Waals surface area contributed by atoms with Gasteiger partial charge in [-0.2, -0.15) is 0 Å². The Balaban J connectivity index is 2.03. The Kier molecular flexibility index (Phi) is 3.67. The molecule has 2 aromatic rings. The summed E-state index contributed by atoms with van der Waals surface area (Å²) in [6.07, 6.45) is 3.42. The van der Waals surface area contributed by atoms with Crippen molar-refractivity contribution < 1.29 is 0 Å². The number of hydrogen-bond donors (Lipinski definition) is 0. The molecular formula is C13H11ClN2. The first-order valence-electron chi connectivity index (χ1n) is 5.00. The lowest BCUT2D eigenvalue weighted by Crippen LogP contribution is -1.87. The minimum Gasteiger partial charge on any atom is -0.288 e. The fourth-order valence-corrected chi connectivity index (χ4v) is 1.50. The molecule has 0 unspecified atom stereocenters. The van der Waals surface area contributed by atoms with Gasteiger partial charge in [0.05, 0.1) is 6.54 Å². The number of rotatable bonds is 3. The fourth-order valence-electron chi connectivity index (χ4n) is 1.33. The van der Waals surface area contributed by atoms with Crippen LogP contribution < -0.4 is 0 Å². The largest absolute Gasteiger partial charge is 0.288 e. The normalized spacial score (nSPS) is 10.8. The SMILES string of the molecule is Clc1ncccc1C=NCc1ccccc1. The van der Waals surface area contributed by atoms with Gasteiger partial charge in [-0.25, -0.2) is 4.98 Å². The highest BCUT2D eigenvalue weighted by Crippen LogP contribution is 2.09. The van der Waals surface area contributed by atoms with E-state index in [0.717, 1.165) is 5.56 Å². The summed E-state index contributed by atoms with van der Waals surface area (Å²) in [4.78, 5) is 8.30. The maximum atomic E-state index is 5.90. The number of benzene rings is 1. The highest BCUT2D eigenvalue weighted by atomic mass is 35.5. The van der Waals surface area contributed by atoms with Crippen LogP contribution in [0, 0.1) is 0 Å². The Morgan fingerprint density at radius 3 is 2.69 bits per heavy atom. The molecule has 0 atom stereocenters. The minimum atomic E-state index is 0.485. The standard InChI is InChI=1S/C13H11ClN2/c14-13-12(7-4-8-16-13)10-15-9-11-5-2-1-3-6-11/h1-8,10H,9H2. The average Bonchev–Trinajstić information content (AvgIpc) is 2.33. The zero-order valence-electron chi connectivity index (χ0n) is 8.68. The Morgan fingerprint density at radius 2 is 1.94 bits per heavy atom. The van der Waals surface area contributed by atoms with Crippen LogP contribution in [0.5, 0.6) is 0 Å². The molecule has 3 heteroatoms. The number of hydrogen-bond acceptors (Lipinski definition) is 2. The van der Waals surface area contributed by atoms with Crippen molar-refractivity contribution in [2.45, 2.75) is 6.54 Å². The maximum absolute atomic E-state index is 5.90. The number of nitrogens with zero attached hydrogens (tertiary/aromatic N) is 2. The molecule has 80 valence electrons. The van der Waals surface area contributed by atoms with E-state index in [2.05, 4.69) is 9.98 Å². The molecule has 0 aliphatic heterocycles. The maximum Gasteiger partial charge on any atom is 0.137 e. The van der Waals surface area contributed by atoms with Crippen LogP contribution in [-0.2, 0) is 6.54 Å². The van der Waals surface area contributed by atoms with E-state index in [1.807, 2.05) is 42.5 Å². The zero-order chi connectivity index (χ0) is 11.2. The zero-order valence-corrected chi connectivity index (χ0v) is 9.43. The smallest absolute Gasteiger partial charge is 0.137 e. The second-order valence-electron chi connectivity index (χ2n) is 3.34. The molecule has 0 radical (unpaired) electrons. The molecule has 0 aliphatic rings. The molecule has 0 N–H and O–H groups in total. The molecule has 0 fully saturated rings. The number of aliphatic imine (C=N–C) groups is 1. The molecule has 1 aromatic carbocycles. The van der Waals surface area contributed by atoms with Crippen molar-refractivity contribution in [3.05, 3.63) is 64.9 Å². The van der Waals surface area contributed by atoms with Crippen molar-refractivity contribution in [1.29, 1.82) is 0 Å². The third-order valence-corrected chi connectivity index (χ3v) is 2.45. The summed E-state index contributed by atoms with van der Waals surface area (Å²) in [6, 6.07) is 13.8. The summed E-state index contributed by atoms with van der Waals surface area (Å²) in [6.45, 7) is 0.659. The third kappa shape index (κ3) is 2.91. The van der Waals surface area contributed by atoms with Crippen LogP contribution in [0.15, 0.2) is 53.7 Å². The lowest BCUT2D eigenvalue weighted by molar-refractivity contribution is 1.08. The molecule has 0 bridgehead atoms. The molecule has 0 saturated heterocycles. The molecule has 0 aliphatic carbocycles. The monoisotopic (exact) mass is 230 g/mol. The van der Waals surface area contributed by atoms with Crippen LogP contribution in [0.1, 0.15) is 11.1 Å². The van der Waals surface area contributed by atoms with Crippen molar-refractivity contribution in [2.24, 2.45) is 4.99 Å². The molecule has 16 heavy (non-hydrogen) atoms. The van der Waals surface area contributed by atoms with Crippen LogP contribution in [0.2, 0.25) is 5.15 Å². The van der Waals surface area contributed by atoms with E-state index in [9.17, 15) is 0 Å². The van der Waals surface area contributed by atoms with Crippen LogP contribution in [-0.4, -0.2) is 11.2 Å². The molecule has 0 spiro atoms. The van der Waals surface area contributed by atoms with Gasteiger partial charge in [0.1, 0.15) is 5.15 Å². The number of pyridine rings is 1. The van der Waals surface area contributed by atoms with Gasteiger partial charge in [-0.15, -0.1) is 0 Å². The molecule has 0 amide bonds. The second-order valence-corrected chi connectivity index (χ2v) is 3.70. The Morgan fingerprint density at radius 1 is 1.12 bits per heavy atom. The van der Waals surface area contributed by atoms with Gasteiger partial charge in [-0.05, 0) is 17.7 Å². The van der Waals surface area contributed by atoms with Crippen molar-refractivity contribution in [2.75, 3.05) is 0 Å². The molecule has 2 nitrogen and oxygen atoms in total. The first-order chi connectivity index (χ1) is 7.86. The Labute approximate surface area is 99.6 Å². The molecule has 2 rings (SSSR count). The second kappa shape index (κ2) is 5.42. The van der Waals surface area contributed by atoms with Crippen LogP contribution in [0.25, 0.3) is 0 Å². The van der Waals surface area contributed by atoms with Crippen LogP contribution in [0.3, 0.4) is 0 Å². The Hall–Kier alpha value is -1.67. The van der Waals surface area contributed by atoms with Crippen molar-refractivity contribution >= 4 is 17.8 Å². The van der Waals surface area contributed by atoms with Gasteiger partial charge in [0, 0.05) is 18.0 Å². The van der Waals surface area contributed by atoms with Crippen LogP contribution in [0.4, 0.5) is 0 Å². The molecule has 1 heterocycles. The fraction of sp³-hybridized carbons (Fsp3) is 0.0769. The van der Waals surface area contributed by atoms with Gasteiger partial charge in [0.15, 0.2) is 0 Å². The summed E-state index contributed by atoms with van der Waals surface area (Å²) in [5.41, 5.74) is 2.03. The van der Waals surface area contributed by atoms with E-state index >= 15 is 0 Å². The highest BCUT2D eigenvalue weighted by molar-refractivity contribution is 6.31. The lowest BCUT2D eigenvalue weighted by atomic mass is 10.2. The van der Waals surface area contributed by atoms with E-state index in [1.54, 1.807) is 12.4 Å². The Bertz CT molecular complexity index is 480. The summed E-state index contributed by atoms with van der Waals surface area (Å²) in [7, 11) is 0. The molecule has 1 aromatic heterocycles. The van der Waals surface area contributed by atoms with Crippen molar-refractivity contribution in [3.63, 3.8) is 0 Å². The van der Waals surface area contributed by atoms with E-state index in [-0.39, 0.29) is 0 Å². The highest BCUT2D eigenvalue weighted by Gasteiger charge is 1.95. The van der Waals surface area contributed by atoms with E-state index in [1.165, 1.54) is 5.56 Å². The summed E-state index contributed by atoms with van der Waals surface area (Å²) in [5, 5.41) is 0.485. The quantitative estimate of drug-likeness (QED) is 0.586. The predicted molar refractivity (Wildman–Crippen MR) is 67.0 cm³/mol. The van der Waals surface area contributed by atoms with Gasteiger partial charge in [0.25, 0.3) is 0 Å². The van der Waals surface area contributed by atoms with Gasteiger partial charge in [0.2, 0.25) is 0 Å². The van der Waals surface area contributed by atoms with E-state index in [4.69, 9.17) is 11.6 Å². The van der Waals surface area contributed by atoms with Crippen molar-refractivity contribution in [1.82, 2.24) is 4.98 Å². The van der Waals surface area contributed by atoms with Gasteiger partial charge >= 0.3 is 0 Å². The van der Waals surface area contributed by atoms with Gasteiger partial charge in [-0.1, -0.05) is 41.9 Å². The minimum absolute atomic E-state index is 0.485. The van der Waals surface area contributed by atoms with Gasteiger partial charge in [-0.3, -0.25) is 4.99 Å². The summed E-state index contributed by atoms with van der Waals surface area (Å²) < 4.78 is 0. The average molecular weight is 231 g/mol. The van der Waals surface area contributed by atoms with Crippen LogP contribution >= 0.6 is 11.6 Å². The first kappa shape index (κ1) is 10.8. The topological polar surface area (TPSA) is 25.2 Å². The predicted octanol–water partition coefficient (Wildman–Crippen LogP) is 3.35. The molecular weight excluding hydrogens is 220 g/mol. The van der Waals surface area contributed by atoms with E-state index < -0.39 is 0 Å². The molecule has 0 saturated carbocycles. The summed E-state index contributed by atoms with van der Waals surface area (Å²) >= 11 is 5.90. The first-order valence-corrected chi connectivity index (χ1v) is 5.38. The lowest BCUT2D eigenvalue weighted by Gasteiger charge is -1.96. The summed E-state index contributed by atoms with van der Waals surface area (Å²) in [5.74, 6) is 0. The third-order valence-electron chi connectivity index (χ3n) is 2.13. The van der Waals surface area contributed by atoms with E-state index in [0.29, 0.717) is 11.7 Å².